The molecule has 0 N–H and O–H groups in total. The average Bonchev–Trinajstić information content (AvgIpc) is 3.26. The third-order valence-corrected chi connectivity index (χ3v) is 18.2. The van der Waals surface area contributed by atoms with Gasteiger partial charge in [-0.25, -0.2) is 0 Å². The molecule has 4 aliphatic carbocycles. The van der Waals surface area contributed by atoms with Gasteiger partial charge in [-0.2, -0.15) is 0 Å². The van der Waals surface area contributed by atoms with Crippen LogP contribution in [0.15, 0.2) is 48.6 Å². The predicted molar refractivity (Wildman–Crippen MR) is 144 cm³/mol. The van der Waals surface area contributed by atoms with Crippen LogP contribution in [0.25, 0.3) is 4.65 Å². The molecule has 4 rings (SSSR count). The minimum Gasteiger partial charge on any atom is -0.668 e. The number of nitrogens with zero attached hydrogens (tertiary/aromatic N) is 1. The Hall–Kier alpha value is 0.843. The largest absolute Gasteiger partial charge is 3.00 e. The first-order valence-electron chi connectivity index (χ1n) is 12.3. The molecule has 2 saturated carbocycles. The minimum absolute atomic E-state index is 0. The SMILES string of the molecule is C[Si](C)(C)[N-][Si](C)(C)C.C[Si](C)(C1CCCC1)C1C2C=CC=CC2C2C=CC=CC21.[Dy+3]. The van der Waals surface area contributed by atoms with Crippen molar-refractivity contribution in [2.45, 2.75) is 89.1 Å². The zero-order valence-electron chi connectivity index (χ0n) is 21.2. The van der Waals surface area contributed by atoms with Crippen molar-refractivity contribution >= 4 is 24.5 Å². The molecular weight excluding hydrogens is 573 g/mol. The fraction of sp³-hybridized carbons (Fsp3) is 0.692. The van der Waals surface area contributed by atoms with Crippen LogP contribution >= 0.6 is 0 Å². The van der Waals surface area contributed by atoms with Gasteiger partial charge in [0.1, 0.15) is 0 Å². The van der Waals surface area contributed by atoms with Gasteiger partial charge in [0.05, 0.1) is 8.07 Å². The van der Waals surface area contributed by atoms with Crippen LogP contribution in [0.5, 0.6) is 0 Å². The molecule has 0 saturated heterocycles. The van der Waals surface area contributed by atoms with E-state index in [0.29, 0.717) is 0 Å². The Kier molecular flexibility index (Phi) is 10.0. The molecule has 2 fully saturated rings. The maximum Gasteiger partial charge on any atom is 3.00 e. The van der Waals surface area contributed by atoms with Crippen molar-refractivity contribution in [2.75, 3.05) is 0 Å². The molecule has 31 heavy (non-hydrogen) atoms. The summed E-state index contributed by atoms with van der Waals surface area (Å²) in [5, 5.41) is 0. The van der Waals surface area contributed by atoms with E-state index in [1.54, 1.807) is 0 Å². The maximum atomic E-state index is 4.82. The van der Waals surface area contributed by atoms with Gasteiger partial charge in [0.25, 0.3) is 0 Å². The molecule has 0 aliphatic heterocycles. The molecule has 1 radical (unpaired) electrons. The molecule has 4 unspecified atom stereocenters. The average molecular weight is 619 g/mol. The molecule has 1 nitrogen and oxygen atoms in total. The van der Waals surface area contributed by atoms with Gasteiger partial charge in [0.2, 0.25) is 0 Å². The molecule has 4 atom stereocenters. The summed E-state index contributed by atoms with van der Waals surface area (Å²) in [5.41, 5.74) is 2.01. The van der Waals surface area contributed by atoms with Gasteiger partial charge in [0.15, 0.2) is 0 Å². The second-order valence-corrected chi connectivity index (χ2v) is 27.3. The van der Waals surface area contributed by atoms with E-state index >= 15 is 0 Å². The molecule has 0 spiro atoms. The first kappa shape index (κ1) is 28.1. The summed E-state index contributed by atoms with van der Waals surface area (Å²) < 4.78 is 4.82. The predicted octanol–water partition coefficient (Wildman–Crippen LogP) is 8.77. The zero-order valence-corrected chi connectivity index (χ0v) is 26.2. The third-order valence-electron chi connectivity index (χ3n) is 7.66. The van der Waals surface area contributed by atoms with Crippen LogP contribution < -0.4 is 0 Å². The number of rotatable bonds is 4. The molecule has 5 heteroatoms. The number of hydrogen-bond acceptors (Lipinski definition) is 0. The maximum absolute atomic E-state index is 4.82. The van der Waals surface area contributed by atoms with Crippen LogP contribution in [-0.2, 0) is 0 Å². The van der Waals surface area contributed by atoms with Gasteiger partial charge in [-0.3, -0.25) is 0 Å². The minimum atomic E-state index is -1.22. The van der Waals surface area contributed by atoms with Crippen molar-refractivity contribution in [2.24, 2.45) is 23.7 Å². The Morgan fingerprint density at radius 2 is 0.935 bits per heavy atom. The topological polar surface area (TPSA) is 14.1 Å². The van der Waals surface area contributed by atoms with Crippen LogP contribution in [-0.4, -0.2) is 24.5 Å². The van der Waals surface area contributed by atoms with Gasteiger partial charge in [-0.1, -0.05) is 143 Å². The summed E-state index contributed by atoms with van der Waals surface area (Å²) in [7, 11) is -3.44. The van der Waals surface area contributed by atoms with Gasteiger partial charge < -0.3 is 4.65 Å². The van der Waals surface area contributed by atoms with E-state index in [9.17, 15) is 0 Å². The van der Waals surface area contributed by atoms with Crippen molar-refractivity contribution < 1.29 is 38.2 Å². The van der Waals surface area contributed by atoms with Crippen LogP contribution in [0.3, 0.4) is 0 Å². The van der Waals surface area contributed by atoms with E-state index in [4.69, 9.17) is 4.65 Å². The van der Waals surface area contributed by atoms with E-state index in [1.165, 1.54) is 25.7 Å². The molecule has 0 aromatic heterocycles. The molecule has 175 valence electrons. The summed E-state index contributed by atoms with van der Waals surface area (Å²) in [6, 6.07) is 0. The number of fused-ring (bicyclic) bond motifs is 3. The van der Waals surface area contributed by atoms with Crippen LogP contribution in [0.2, 0.25) is 63.5 Å². The smallest absolute Gasteiger partial charge is 0.668 e. The second-order valence-electron chi connectivity index (χ2n) is 12.6. The van der Waals surface area contributed by atoms with Crippen molar-refractivity contribution in [3.05, 3.63) is 53.3 Å². The summed E-state index contributed by atoms with van der Waals surface area (Å²) in [4.78, 5) is 0. The molecule has 0 bridgehead atoms. The fourth-order valence-electron chi connectivity index (χ4n) is 6.97. The normalized spacial score (nSPS) is 32.2. The van der Waals surface area contributed by atoms with Gasteiger partial charge >= 0.3 is 38.2 Å². The summed E-state index contributed by atoms with van der Waals surface area (Å²) in [5.74, 6) is 3.14. The monoisotopic (exact) mass is 620 g/mol. The first-order valence-corrected chi connectivity index (χ1v) is 22.4. The Bertz CT molecular complexity index is 659. The van der Waals surface area contributed by atoms with Crippen LogP contribution in [0.4, 0.5) is 0 Å². The Labute approximate surface area is 226 Å². The van der Waals surface area contributed by atoms with Gasteiger partial charge in [-0.05, 0) is 34.8 Å². The Balaban J connectivity index is 0.000000295. The van der Waals surface area contributed by atoms with Crippen LogP contribution in [0, 0.1) is 61.8 Å². The molecular formula is C26H46DyNSi3+2. The molecule has 0 aromatic carbocycles. The van der Waals surface area contributed by atoms with E-state index in [-0.39, 0.29) is 38.2 Å². The van der Waals surface area contributed by atoms with Crippen molar-refractivity contribution in [1.29, 1.82) is 0 Å². The number of allylic oxidation sites excluding steroid dienone is 8. The first-order chi connectivity index (χ1) is 13.9. The molecule has 0 aromatic rings. The van der Waals surface area contributed by atoms with E-state index in [1.807, 2.05) is 0 Å². The van der Waals surface area contributed by atoms with Crippen LogP contribution in [0.1, 0.15) is 25.7 Å². The van der Waals surface area contributed by atoms with Crippen molar-refractivity contribution in [3.63, 3.8) is 0 Å². The zero-order chi connectivity index (χ0) is 22.2. The van der Waals surface area contributed by atoms with Crippen molar-refractivity contribution in [3.8, 4) is 0 Å². The molecule has 0 amide bonds. The quantitative estimate of drug-likeness (QED) is 0.280. The summed E-state index contributed by atoms with van der Waals surface area (Å²) in [6.45, 7) is 19.2. The van der Waals surface area contributed by atoms with Gasteiger partial charge in [0, 0.05) is 0 Å². The van der Waals surface area contributed by atoms with E-state index in [2.05, 4.69) is 101 Å². The van der Waals surface area contributed by atoms with Crippen molar-refractivity contribution in [1.82, 2.24) is 0 Å². The third kappa shape index (κ3) is 7.17. The second kappa shape index (κ2) is 11.1. The van der Waals surface area contributed by atoms with E-state index in [0.717, 1.165) is 34.8 Å². The fourth-order valence-corrected chi connectivity index (χ4v) is 20.1. The summed E-state index contributed by atoms with van der Waals surface area (Å²) in [6.07, 6.45) is 25.3. The number of hydrogen-bond donors (Lipinski definition) is 0. The van der Waals surface area contributed by atoms with Gasteiger partial charge in [-0.15, -0.1) is 0 Å². The summed E-state index contributed by atoms with van der Waals surface area (Å²) >= 11 is 0. The molecule has 4 aliphatic rings. The van der Waals surface area contributed by atoms with E-state index < -0.39 is 24.5 Å². The molecule has 0 heterocycles. The Morgan fingerprint density at radius 3 is 1.26 bits per heavy atom. The standard InChI is InChI=1S/C20H28Si.C6H18NSi2.Dy/c1-21(2,15-9-3-4-10-15)20-18-13-7-5-11-16(18)17-12-6-8-14-19(17)20;1-8(2,3)7-9(4,5)6;/h5-8,11-20H,3-4,9-10H2,1-2H3;1-6H3;/q;-1;+3. The Morgan fingerprint density at radius 1 is 0.581 bits per heavy atom.